The molecule has 8 heteroatoms. The monoisotopic (exact) mass is 300 g/mol. The third-order valence-corrected chi connectivity index (χ3v) is 4.57. The summed E-state index contributed by atoms with van der Waals surface area (Å²) >= 11 is 0. The van der Waals surface area contributed by atoms with Crippen molar-refractivity contribution >= 4 is 21.7 Å². The average Bonchev–Trinajstić information content (AvgIpc) is 2.89. The first-order valence-corrected chi connectivity index (χ1v) is 7.50. The number of hydrogen-bond donors (Lipinski definition) is 2. The van der Waals surface area contributed by atoms with Gasteiger partial charge in [0.1, 0.15) is 4.90 Å². The van der Waals surface area contributed by atoms with Crippen molar-refractivity contribution in [2.75, 3.05) is 26.1 Å². The largest absolute Gasteiger partial charge is 0.465 e. The van der Waals surface area contributed by atoms with Crippen LogP contribution >= 0.6 is 0 Å². The molecule has 1 atom stereocenters. The Bertz CT molecular complexity index is 608. The van der Waals surface area contributed by atoms with Crippen molar-refractivity contribution in [1.29, 1.82) is 0 Å². The zero-order valence-electron chi connectivity index (χ0n) is 11.0. The first-order chi connectivity index (χ1) is 9.44. The van der Waals surface area contributed by atoms with E-state index >= 15 is 0 Å². The van der Waals surface area contributed by atoms with Gasteiger partial charge in [0.2, 0.25) is 10.0 Å². The van der Waals surface area contributed by atoms with E-state index in [4.69, 9.17) is 10.5 Å². The lowest BCUT2D eigenvalue weighted by Crippen LogP contribution is -2.35. The maximum Gasteiger partial charge on any atom is 0.337 e. The molecule has 0 amide bonds. The number of carbonyl (C=O) groups is 1. The second kappa shape index (κ2) is 5.78. The van der Waals surface area contributed by atoms with E-state index in [2.05, 4.69) is 9.46 Å². The molecule has 1 aromatic carbocycles. The van der Waals surface area contributed by atoms with Crippen molar-refractivity contribution in [2.24, 2.45) is 0 Å². The minimum absolute atomic E-state index is 0.000634. The van der Waals surface area contributed by atoms with E-state index in [0.29, 0.717) is 19.6 Å². The van der Waals surface area contributed by atoms with Crippen LogP contribution in [0.1, 0.15) is 16.8 Å². The van der Waals surface area contributed by atoms with Crippen LogP contribution in [0, 0.1) is 0 Å². The van der Waals surface area contributed by atoms with Gasteiger partial charge in [0.25, 0.3) is 0 Å². The smallest absolute Gasteiger partial charge is 0.337 e. The quantitative estimate of drug-likeness (QED) is 0.604. The molecular formula is C12H16N2O5S. The highest BCUT2D eigenvalue weighted by molar-refractivity contribution is 7.89. The van der Waals surface area contributed by atoms with Crippen molar-refractivity contribution in [3.8, 4) is 0 Å². The molecule has 2 rings (SSSR count). The van der Waals surface area contributed by atoms with E-state index in [1.165, 1.54) is 25.3 Å². The molecule has 1 unspecified atom stereocenters. The van der Waals surface area contributed by atoms with Crippen molar-refractivity contribution in [3.05, 3.63) is 23.8 Å². The fourth-order valence-corrected chi connectivity index (χ4v) is 3.32. The van der Waals surface area contributed by atoms with E-state index in [0.717, 1.165) is 0 Å². The Morgan fingerprint density at radius 2 is 2.25 bits per heavy atom. The normalized spacial score (nSPS) is 18.9. The molecule has 0 aliphatic carbocycles. The zero-order chi connectivity index (χ0) is 14.8. The van der Waals surface area contributed by atoms with Gasteiger partial charge in [-0.25, -0.2) is 17.9 Å². The molecule has 1 aliphatic rings. The molecule has 20 heavy (non-hydrogen) atoms. The van der Waals surface area contributed by atoms with Crippen LogP contribution in [-0.4, -0.2) is 40.8 Å². The number of ether oxygens (including phenoxy) is 2. The Morgan fingerprint density at radius 3 is 2.80 bits per heavy atom. The molecule has 1 fully saturated rings. The molecule has 0 radical (unpaired) electrons. The molecule has 0 spiro atoms. The van der Waals surface area contributed by atoms with E-state index in [1.54, 1.807) is 0 Å². The summed E-state index contributed by atoms with van der Waals surface area (Å²) in [6.45, 7) is 0.878. The van der Waals surface area contributed by atoms with E-state index in [-0.39, 0.29) is 22.2 Å². The maximum atomic E-state index is 12.2. The predicted octanol–water partition coefficient (Wildman–Crippen LogP) is 0.123. The first-order valence-electron chi connectivity index (χ1n) is 6.02. The Labute approximate surface area is 117 Å². The summed E-state index contributed by atoms with van der Waals surface area (Å²) in [5, 5.41) is 0. The number of anilines is 1. The third-order valence-electron chi connectivity index (χ3n) is 2.97. The molecule has 0 bridgehead atoms. The average molecular weight is 300 g/mol. The van der Waals surface area contributed by atoms with Gasteiger partial charge in [-0.1, -0.05) is 0 Å². The fourth-order valence-electron chi connectivity index (χ4n) is 1.95. The fraction of sp³-hybridized carbons (Fsp3) is 0.417. The predicted molar refractivity (Wildman–Crippen MR) is 71.7 cm³/mol. The van der Waals surface area contributed by atoms with Crippen LogP contribution in [0.3, 0.4) is 0 Å². The van der Waals surface area contributed by atoms with Crippen molar-refractivity contribution in [3.63, 3.8) is 0 Å². The van der Waals surface area contributed by atoms with Gasteiger partial charge in [0, 0.05) is 12.6 Å². The van der Waals surface area contributed by atoms with Gasteiger partial charge in [0.15, 0.2) is 0 Å². The van der Waals surface area contributed by atoms with Gasteiger partial charge in [-0.3, -0.25) is 0 Å². The molecule has 1 aromatic rings. The van der Waals surface area contributed by atoms with Crippen LogP contribution < -0.4 is 10.5 Å². The number of esters is 1. The minimum atomic E-state index is -3.73. The Balaban J connectivity index is 2.25. The van der Waals surface area contributed by atoms with Crippen LogP contribution in [0.4, 0.5) is 5.69 Å². The molecule has 0 aromatic heterocycles. The number of nitrogens with two attached hydrogens (primary N) is 1. The second-order valence-corrected chi connectivity index (χ2v) is 6.11. The van der Waals surface area contributed by atoms with Gasteiger partial charge in [-0.2, -0.15) is 0 Å². The van der Waals surface area contributed by atoms with Crippen LogP contribution in [0.15, 0.2) is 23.1 Å². The Kier molecular flexibility index (Phi) is 4.26. The maximum absolute atomic E-state index is 12.2. The molecule has 7 nitrogen and oxygen atoms in total. The first kappa shape index (κ1) is 14.8. The number of nitrogen functional groups attached to an aromatic ring is 1. The lowest BCUT2D eigenvalue weighted by molar-refractivity contribution is 0.0600. The van der Waals surface area contributed by atoms with Crippen LogP contribution in [-0.2, 0) is 19.5 Å². The van der Waals surface area contributed by atoms with E-state index in [1.807, 2.05) is 0 Å². The molecular weight excluding hydrogens is 284 g/mol. The summed E-state index contributed by atoms with van der Waals surface area (Å²) in [6.07, 6.45) is 0.624. The number of benzene rings is 1. The molecule has 0 saturated carbocycles. The van der Waals surface area contributed by atoms with E-state index < -0.39 is 16.0 Å². The highest BCUT2D eigenvalue weighted by Gasteiger charge is 2.25. The summed E-state index contributed by atoms with van der Waals surface area (Å²) < 4.78 is 36.6. The highest BCUT2D eigenvalue weighted by atomic mass is 32.2. The lowest BCUT2D eigenvalue weighted by atomic mass is 10.2. The number of methoxy groups -OCH3 is 1. The summed E-state index contributed by atoms with van der Waals surface area (Å²) in [5.41, 5.74) is 5.92. The zero-order valence-corrected chi connectivity index (χ0v) is 11.8. The van der Waals surface area contributed by atoms with Gasteiger partial charge in [-0.15, -0.1) is 0 Å². The second-order valence-electron chi connectivity index (χ2n) is 4.43. The summed E-state index contributed by atoms with van der Waals surface area (Å²) in [6, 6.07) is 3.69. The minimum Gasteiger partial charge on any atom is -0.465 e. The Hall–Kier alpha value is -1.64. The number of nitrogens with one attached hydrogen (secondary N) is 1. The molecule has 1 saturated heterocycles. The molecule has 1 heterocycles. The van der Waals surface area contributed by atoms with Gasteiger partial charge >= 0.3 is 5.97 Å². The van der Waals surface area contributed by atoms with Gasteiger partial charge < -0.3 is 15.2 Å². The topological polar surface area (TPSA) is 108 Å². The van der Waals surface area contributed by atoms with Crippen LogP contribution in [0.2, 0.25) is 0 Å². The van der Waals surface area contributed by atoms with E-state index in [9.17, 15) is 13.2 Å². The van der Waals surface area contributed by atoms with Gasteiger partial charge in [0.05, 0.1) is 25.0 Å². The number of hydrogen-bond acceptors (Lipinski definition) is 6. The van der Waals surface area contributed by atoms with Crippen LogP contribution in [0.25, 0.3) is 0 Å². The number of carbonyl (C=O) groups excluding carboxylic acids is 1. The summed E-state index contributed by atoms with van der Waals surface area (Å²) in [5.74, 6) is -0.571. The highest BCUT2D eigenvalue weighted by Crippen LogP contribution is 2.21. The van der Waals surface area contributed by atoms with Crippen molar-refractivity contribution in [1.82, 2.24) is 4.72 Å². The third kappa shape index (κ3) is 3.09. The lowest BCUT2D eigenvalue weighted by Gasteiger charge is -2.13. The molecule has 1 aliphatic heterocycles. The van der Waals surface area contributed by atoms with Crippen molar-refractivity contribution < 1.29 is 22.7 Å². The SMILES string of the molecule is COC(=O)c1ccc(S(=O)(=O)NC2CCOC2)c(N)c1. The molecule has 3 N–H and O–H groups in total. The molecule has 110 valence electrons. The summed E-state index contributed by atoms with van der Waals surface area (Å²) in [4.78, 5) is 11.3. The number of sulfonamides is 1. The standard InChI is InChI=1S/C12H16N2O5S/c1-18-12(15)8-2-3-11(10(13)6-8)20(16,17)14-9-4-5-19-7-9/h2-3,6,9,14H,4-5,7,13H2,1H3. The summed E-state index contributed by atoms with van der Waals surface area (Å²) in [7, 11) is -2.49. The van der Waals surface area contributed by atoms with Gasteiger partial charge in [-0.05, 0) is 24.6 Å². The number of rotatable bonds is 4. The van der Waals surface area contributed by atoms with Crippen molar-refractivity contribution in [2.45, 2.75) is 17.4 Å². The Morgan fingerprint density at radius 1 is 1.50 bits per heavy atom. The van der Waals surface area contributed by atoms with Crippen LogP contribution in [0.5, 0.6) is 0 Å².